The first kappa shape index (κ1) is 33.2. The lowest BCUT2D eigenvalue weighted by Gasteiger charge is -2.38. The van der Waals surface area contributed by atoms with Crippen molar-refractivity contribution < 1.29 is 33.4 Å². The van der Waals surface area contributed by atoms with Gasteiger partial charge in [0.15, 0.2) is 10.8 Å². The third kappa shape index (κ3) is 6.64. The lowest BCUT2D eigenvalue weighted by atomic mass is 9.95. The molecule has 0 spiro atoms. The molecule has 256 valence electrons. The zero-order valence-corrected chi connectivity index (χ0v) is 28.2. The number of carboxylic acids is 1. The van der Waals surface area contributed by atoms with Gasteiger partial charge < -0.3 is 24.8 Å². The highest BCUT2D eigenvalue weighted by Gasteiger charge is 2.42. The van der Waals surface area contributed by atoms with E-state index in [1.54, 1.807) is 35.4 Å². The number of aromatic nitrogens is 1. The summed E-state index contributed by atoms with van der Waals surface area (Å²) in [6.07, 6.45) is 1.66. The monoisotopic (exact) mass is 716 g/mol. The van der Waals surface area contributed by atoms with Crippen LogP contribution in [0.1, 0.15) is 27.0 Å². The van der Waals surface area contributed by atoms with Crippen molar-refractivity contribution in [2.75, 3.05) is 44.7 Å². The maximum absolute atomic E-state index is 14.0. The van der Waals surface area contributed by atoms with Crippen molar-refractivity contribution in [2.24, 2.45) is 4.99 Å². The molecule has 0 saturated carbocycles. The van der Waals surface area contributed by atoms with Gasteiger partial charge in [-0.2, -0.15) is 0 Å². The number of rotatable bonds is 9. The van der Waals surface area contributed by atoms with E-state index in [4.69, 9.17) is 31.2 Å². The molecule has 0 unspecified atom stereocenters. The molecule has 15 heteroatoms. The Morgan fingerprint density at radius 1 is 1.06 bits per heavy atom. The SMILES string of the molecule is COC(=O)C1=C(CN2CCN3C(=O)N(c4ccc(Oc5ccc(C(=O)O)cc5)cc4)C[C@@H]3C2)NC(c2nccs2)=N[C@H]1c1ccc(F)cc1Cl. The Labute approximate surface area is 295 Å². The number of thiazole rings is 1. The summed E-state index contributed by atoms with van der Waals surface area (Å²) in [7, 11) is 1.30. The van der Waals surface area contributed by atoms with Gasteiger partial charge in [0.1, 0.15) is 23.4 Å². The van der Waals surface area contributed by atoms with Crippen LogP contribution in [0.25, 0.3) is 0 Å². The number of anilines is 1. The molecule has 2 amide bonds. The number of carbonyl (C=O) groups is 3. The van der Waals surface area contributed by atoms with Crippen molar-refractivity contribution in [3.63, 3.8) is 0 Å². The molecule has 2 fully saturated rings. The van der Waals surface area contributed by atoms with Gasteiger partial charge in [-0.1, -0.05) is 17.7 Å². The predicted molar refractivity (Wildman–Crippen MR) is 185 cm³/mol. The second kappa shape index (κ2) is 13.9. The molecular weight excluding hydrogens is 687 g/mol. The van der Waals surface area contributed by atoms with E-state index in [9.17, 15) is 18.8 Å². The molecule has 2 atom stereocenters. The number of amides is 2. The van der Waals surface area contributed by atoms with Gasteiger partial charge in [0.25, 0.3) is 0 Å². The molecule has 4 heterocycles. The van der Waals surface area contributed by atoms with E-state index in [1.165, 1.54) is 48.8 Å². The third-order valence-electron chi connectivity index (χ3n) is 8.73. The normalized spacial score (nSPS) is 19.2. The van der Waals surface area contributed by atoms with E-state index in [-0.39, 0.29) is 28.2 Å². The highest BCUT2D eigenvalue weighted by Crippen LogP contribution is 2.37. The number of amidine groups is 1. The number of nitrogens with one attached hydrogen (secondary N) is 1. The average molecular weight is 717 g/mol. The number of methoxy groups -OCH3 is 1. The number of fused-ring (bicyclic) bond motifs is 1. The van der Waals surface area contributed by atoms with Crippen molar-refractivity contribution in [3.05, 3.63) is 117 Å². The Morgan fingerprint density at radius 2 is 1.80 bits per heavy atom. The van der Waals surface area contributed by atoms with Crippen LogP contribution in [0.4, 0.5) is 14.9 Å². The summed E-state index contributed by atoms with van der Waals surface area (Å²) >= 11 is 7.88. The highest BCUT2D eigenvalue weighted by molar-refractivity contribution is 7.11. The summed E-state index contributed by atoms with van der Waals surface area (Å²) in [5.74, 6) is -0.618. The highest BCUT2D eigenvalue weighted by atomic mass is 35.5. The Bertz CT molecular complexity index is 2010. The molecule has 0 bridgehead atoms. The molecule has 3 aromatic carbocycles. The number of carboxylic acid groups (broad SMARTS) is 1. The van der Waals surface area contributed by atoms with E-state index in [0.717, 1.165) is 5.69 Å². The van der Waals surface area contributed by atoms with E-state index in [2.05, 4.69) is 15.2 Å². The molecule has 1 aromatic heterocycles. The van der Waals surface area contributed by atoms with Crippen molar-refractivity contribution in [3.8, 4) is 11.5 Å². The molecule has 50 heavy (non-hydrogen) atoms. The second-order valence-corrected chi connectivity index (χ2v) is 13.1. The number of ether oxygens (including phenoxy) is 2. The van der Waals surface area contributed by atoms with Crippen LogP contribution >= 0.6 is 22.9 Å². The van der Waals surface area contributed by atoms with Crippen molar-refractivity contribution in [1.82, 2.24) is 20.1 Å². The summed E-state index contributed by atoms with van der Waals surface area (Å²) < 4.78 is 25.1. The van der Waals surface area contributed by atoms with Gasteiger partial charge in [0.2, 0.25) is 0 Å². The van der Waals surface area contributed by atoms with E-state index < -0.39 is 23.8 Å². The maximum Gasteiger partial charge on any atom is 0.338 e. The summed E-state index contributed by atoms with van der Waals surface area (Å²) in [4.78, 5) is 52.9. The zero-order chi connectivity index (χ0) is 34.9. The quantitative estimate of drug-likeness (QED) is 0.213. The lowest BCUT2D eigenvalue weighted by Crippen LogP contribution is -2.53. The number of aromatic carboxylic acids is 1. The lowest BCUT2D eigenvalue weighted by molar-refractivity contribution is -0.136. The van der Waals surface area contributed by atoms with E-state index in [1.807, 2.05) is 22.4 Å². The summed E-state index contributed by atoms with van der Waals surface area (Å²) in [5.41, 5.74) is 2.16. The number of benzene rings is 3. The van der Waals surface area contributed by atoms with E-state index in [0.29, 0.717) is 66.3 Å². The Balaban J connectivity index is 1.09. The van der Waals surface area contributed by atoms with Crippen LogP contribution in [-0.4, -0.2) is 89.6 Å². The van der Waals surface area contributed by atoms with Crippen molar-refractivity contribution in [2.45, 2.75) is 12.1 Å². The number of aliphatic imine (C=N–C) groups is 1. The number of carbonyl (C=O) groups excluding carboxylic acids is 2. The summed E-state index contributed by atoms with van der Waals surface area (Å²) in [6, 6.07) is 16.2. The van der Waals surface area contributed by atoms with Crippen LogP contribution in [0.3, 0.4) is 0 Å². The number of esters is 1. The first-order chi connectivity index (χ1) is 24.2. The first-order valence-corrected chi connectivity index (χ1v) is 16.9. The fourth-order valence-electron chi connectivity index (χ4n) is 6.32. The molecular formula is C35H30ClFN6O6S. The maximum atomic E-state index is 14.0. The molecule has 0 radical (unpaired) electrons. The average Bonchev–Trinajstić information content (AvgIpc) is 3.77. The summed E-state index contributed by atoms with van der Waals surface area (Å²) in [6.45, 7) is 2.36. The minimum absolute atomic E-state index is 0.0953. The van der Waals surface area contributed by atoms with Crippen LogP contribution in [0.5, 0.6) is 11.5 Å². The molecule has 3 aliphatic rings. The molecule has 7 rings (SSSR count). The molecule has 0 aliphatic carbocycles. The minimum atomic E-state index is -1.01. The van der Waals surface area contributed by atoms with Crippen LogP contribution in [0, 0.1) is 5.82 Å². The third-order valence-corrected chi connectivity index (χ3v) is 9.83. The van der Waals surface area contributed by atoms with Crippen LogP contribution in [0.2, 0.25) is 5.02 Å². The molecule has 4 aromatic rings. The van der Waals surface area contributed by atoms with Crippen molar-refractivity contribution >= 4 is 52.4 Å². The number of piperazine rings is 1. The van der Waals surface area contributed by atoms with E-state index >= 15 is 0 Å². The largest absolute Gasteiger partial charge is 0.478 e. The fourth-order valence-corrected chi connectivity index (χ4v) is 7.18. The Hall–Kier alpha value is -5.31. The molecule has 2 saturated heterocycles. The molecule has 2 N–H and O–H groups in total. The number of urea groups is 1. The van der Waals surface area contributed by atoms with Gasteiger partial charge in [-0.05, 0) is 60.7 Å². The van der Waals surface area contributed by atoms with Gasteiger partial charge in [0, 0.05) is 66.3 Å². The summed E-state index contributed by atoms with van der Waals surface area (Å²) in [5, 5.41) is 15.0. The van der Waals surface area contributed by atoms with Crippen LogP contribution in [0.15, 0.2) is 94.6 Å². The smallest absolute Gasteiger partial charge is 0.338 e. The number of nitrogens with zero attached hydrogens (tertiary/aromatic N) is 5. The Morgan fingerprint density at radius 3 is 2.46 bits per heavy atom. The van der Waals surface area contributed by atoms with Gasteiger partial charge in [-0.15, -0.1) is 11.3 Å². The predicted octanol–water partition coefficient (Wildman–Crippen LogP) is 5.57. The zero-order valence-electron chi connectivity index (χ0n) is 26.6. The standard InChI is InChI=1S/C35H30ClFN6O6S/c1-48-34(46)29-28(39-31(32-38-12-15-50-32)40-30(29)26-11-4-21(37)16-27(26)36)19-41-13-14-42-23(17-41)18-43(35(42)47)22-5-9-25(10-6-22)49-24-7-2-20(3-8-24)33(44)45/h2-12,15-16,23,30H,13-14,17-19H2,1H3,(H,39,40)(H,44,45)/t23-,30-/m0/s1. The van der Waals surface area contributed by atoms with Gasteiger partial charge >= 0.3 is 18.0 Å². The van der Waals surface area contributed by atoms with Crippen molar-refractivity contribution in [1.29, 1.82) is 0 Å². The van der Waals surface area contributed by atoms with Gasteiger partial charge in [-0.25, -0.2) is 23.8 Å². The molecule has 12 nitrogen and oxygen atoms in total. The molecule has 3 aliphatic heterocycles. The Kier molecular flexibility index (Phi) is 9.23. The fraction of sp³-hybridized carbons (Fsp3) is 0.229. The van der Waals surface area contributed by atoms with Crippen LogP contribution < -0.4 is 15.0 Å². The first-order valence-electron chi connectivity index (χ1n) is 15.6. The topological polar surface area (TPSA) is 137 Å². The second-order valence-electron chi connectivity index (χ2n) is 11.8. The minimum Gasteiger partial charge on any atom is -0.478 e. The number of hydrogen-bond acceptors (Lipinski definition) is 10. The van der Waals surface area contributed by atoms with Crippen LogP contribution in [-0.2, 0) is 9.53 Å². The number of hydrogen-bond donors (Lipinski definition) is 2. The number of halogens is 2. The van der Waals surface area contributed by atoms with Gasteiger partial charge in [0.05, 0.1) is 24.3 Å². The van der Waals surface area contributed by atoms with Gasteiger partial charge in [-0.3, -0.25) is 14.8 Å².